The molecule has 27 heteroatoms. The highest BCUT2D eigenvalue weighted by Gasteiger charge is 2.34. The number of phenols is 2. The predicted octanol–water partition coefficient (Wildman–Crippen LogP) is -3.63. The second-order valence-electron chi connectivity index (χ2n) is 17.5. The Balaban J connectivity index is 2.25. The second kappa shape index (κ2) is 32.1. The molecule has 0 aliphatic heterocycles. The number of carboxylic acids is 2. The molecule has 2 rings (SSSR count). The van der Waals surface area contributed by atoms with Crippen LogP contribution in [0.2, 0.25) is 0 Å². The lowest BCUT2D eigenvalue weighted by Crippen LogP contribution is -2.60. The molecule has 27 nitrogen and oxygen atoms in total. The summed E-state index contributed by atoms with van der Waals surface area (Å²) in [6.07, 6.45) is -0.0807. The number of nitrogens with one attached hydrogen (secondary N) is 10. The van der Waals surface area contributed by atoms with Crippen LogP contribution in [0.3, 0.4) is 0 Å². The van der Waals surface area contributed by atoms with Crippen molar-refractivity contribution in [2.75, 3.05) is 26.2 Å². The number of carbonyl (C=O) groups excluding carboxylic acids is 8. The Labute approximate surface area is 427 Å². The molecule has 0 saturated heterocycles. The predicted molar refractivity (Wildman–Crippen MR) is 266 cm³/mol. The molecule has 8 amide bonds. The maximum Gasteiger partial charge on any atom is 0.326 e. The summed E-state index contributed by atoms with van der Waals surface area (Å²) >= 11 is 0. The van der Waals surface area contributed by atoms with Crippen LogP contribution in [0.15, 0.2) is 48.5 Å². The maximum absolute atomic E-state index is 14.2. The Morgan fingerprint density at radius 2 is 1.07 bits per heavy atom. The van der Waals surface area contributed by atoms with E-state index in [1.807, 2.05) is 0 Å². The number of hydrogen-bond donors (Lipinski definition) is 17. The minimum atomic E-state index is -1.86. The van der Waals surface area contributed by atoms with E-state index in [-0.39, 0.29) is 69.1 Å². The van der Waals surface area contributed by atoms with Gasteiger partial charge in [0.05, 0.1) is 25.6 Å². The molecular formula is C47H71N13O14. The molecule has 0 aromatic heterocycles. The molecule has 0 aliphatic rings. The summed E-state index contributed by atoms with van der Waals surface area (Å²) in [5, 5.41) is 68.1. The van der Waals surface area contributed by atoms with Crippen molar-refractivity contribution in [2.24, 2.45) is 23.1 Å². The van der Waals surface area contributed by atoms with Crippen molar-refractivity contribution in [2.45, 2.75) is 121 Å². The Morgan fingerprint density at radius 1 is 0.581 bits per heavy atom. The smallest absolute Gasteiger partial charge is 0.326 e. The quantitative estimate of drug-likeness (QED) is 0.0186. The van der Waals surface area contributed by atoms with Crippen LogP contribution in [0.4, 0.5) is 0 Å². The van der Waals surface area contributed by atoms with E-state index in [0.29, 0.717) is 24.0 Å². The van der Waals surface area contributed by atoms with Crippen LogP contribution >= 0.6 is 0 Å². The van der Waals surface area contributed by atoms with Gasteiger partial charge >= 0.3 is 11.9 Å². The number of carbonyl (C=O) groups is 10. The number of aromatic hydroxyl groups is 2. The third kappa shape index (κ3) is 23.4. The second-order valence-corrected chi connectivity index (χ2v) is 17.5. The van der Waals surface area contributed by atoms with E-state index in [0.717, 1.165) is 0 Å². The first-order valence-corrected chi connectivity index (χ1v) is 23.8. The van der Waals surface area contributed by atoms with Crippen molar-refractivity contribution in [1.82, 2.24) is 47.9 Å². The fourth-order valence-electron chi connectivity index (χ4n) is 6.95. The third-order valence-corrected chi connectivity index (χ3v) is 11.4. The highest BCUT2D eigenvalue weighted by molar-refractivity contribution is 5.98. The van der Waals surface area contributed by atoms with Crippen LogP contribution in [0.25, 0.3) is 0 Å². The maximum atomic E-state index is 14.2. The van der Waals surface area contributed by atoms with Crippen molar-refractivity contribution in [3.8, 4) is 11.5 Å². The molecule has 0 bridgehead atoms. The van der Waals surface area contributed by atoms with Gasteiger partial charge in [-0.05, 0) is 93.3 Å². The van der Waals surface area contributed by atoms with Crippen LogP contribution in [-0.4, -0.2) is 154 Å². The number of benzene rings is 2. The molecule has 0 heterocycles. The van der Waals surface area contributed by atoms with Gasteiger partial charge in [-0.25, -0.2) is 4.79 Å². The molecule has 2 aromatic rings. The van der Waals surface area contributed by atoms with E-state index in [4.69, 9.17) is 22.6 Å². The molecule has 20 N–H and O–H groups in total. The zero-order valence-electron chi connectivity index (χ0n) is 41.5. The number of amides is 8. The molecule has 408 valence electrons. The minimum Gasteiger partial charge on any atom is -0.508 e. The summed E-state index contributed by atoms with van der Waals surface area (Å²) in [6.45, 7) is 3.66. The Hall–Kier alpha value is -8.07. The molecule has 0 fully saturated rings. The van der Waals surface area contributed by atoms with Crippen molar-refractivity contribution >= 4 is 65.2 Å². The van der Waals surface area contributed by atoms with Gasteiger partial charge in [-0.15, -0.1) is 0 Å². The summed E-state index contributed by atoms with van der Waals surface area (Å²) in [7, 11) is 0. The Morgan fingerprint density at radius 3 is 1.59 bits per heavy atom. The lowest BCUT2D eigenvalue weighted by Gasteiger charge is -2.28. The number of aliphatic carboxylic acids is 2. The first-order valence-electron chi connectivity index (χ1n) is 23.8. The summed E-state index contributed by atoms with van der Waals surface area (Å²) < 4.78 is 0. The van der Waals surface area contributed by atoms with Gasteiger partial charge in [0.2, 0.25) is 47.3 Å². The number of hydrogen-bond acceptors (Lipinski definition) is 15. The molecular weight excluding hydrogens is 971 g/mol. The van der Waals surface area contributed by atoms with Gasteiger partial charge in [0.15, 0.2) is 5.96 Å². The Bertz CT molecular complexity index is 2250. The van der Waals surface area contributed by atoms with Gasteiger partial charge in [0.1, 0.15) is 47.8 Å². The number of rotatable bonds is 33. The molecule has 8 atom stereocenters. The van der Waals surface area contributed by atoms with Gasteiger partial charge in [-0.3, -0.25) is 48.6 Å². The topological polar surface area (TPSA) is 462 Å². The standard InChI is InChI=1S/C47H71N13O14/c1-4-25(2)39(46(73)74)60-43(70)33(9-7-19-52-47(50)51)56-42(69)32(8-5-6-18-48)57-44(71)34(21-28-12-16-30(62)17-13-28)59-45(72)35(22-38(65)66)58-40(67)26(3)55-37(64)24-53-36(63)23-54-41(68)31(49)20-27-10-14-29(61)15-11-27/h10-17,25-26,31-35,39,61-62H,4-9,18-24,48-49H2,1-3H3,(H,53,63)(H,54,68)(H,55,64)(H,56,69)(H,57,71)(H,58,67)(H,59,72)(H,60,70)(H,65,66)(H,73,74)(H4,50,51,52)/t25-,26-,31-,32-,33-,34-,35-,39-/m0/s1. The SMILES string of the molecule is CC[C@H](C)[C@H](NC(=O)[C@H](CCCNC(=N)N)NC(=O)[C@H](CCCCN)NC(=O)[C@H](Cc1ccc(O)cc1)NC(=O)[C@H](CC(=O)O)NC(=O)[C@H](C)NC(=O)CNC(=O)CNC(=O)[C@@H](N)Cc1ccc(O)cc1)C(=O)O. The van der Waals surface area contributed by atoms with E-state index in [1.54, 1.807) is 26.0 Å². The molecule has 0 unspecified atom stereocenters. The molecule has 0 aliphatic carbocycles. The number of phenolic OH excluding ortho intramolecular Hbond substituents is 2. The van der Waals surface area contributed by atoms with Crippen LogP contribution in [0, 0.1) is 11.3 Å². The van der Waals surface area contributed by atoms with Crippen molar-refractivity contribution in [1.29, 1.82) is 5.41 Å². The first-order chi connectivity index (χ1) is 34.9. The van der Waals surface area contributed by atoms with Crippen molar-refractivity contribution in [3.05, 3.63) is 59.7 Å². The van der Waals surface area contributed by atoms with Gasteiger partial charge in [0.25, 0.3) is 0 Å². The number of unbranched alkanes of at least 4 members (excludes halogenated alkanes) is 1. The average Bonchev–Trinajstić information content (AvgIpc) is 3.34. The normalized spacial score (nSPS) is 14.1. The van der Waals surface area contributed by atoms with E-state index >= 15 is 0 Å². The fourth-order valence-corrected chi connectivity index (χ4v) is 6.95. The third-order valence-electron chi connectivity index (χ3n) is 11.4. The first kappa shape index (κ1) is 62.0. The molecule has 0 radical (unpaired) electrons. The summed E-state index contributed by atoms with van der Waals surface area (Å²) in [5.41, 5.74) is 18.0. The lowest BCUT2D eigenvalue weighted by molar-refractivity contribution is -0.144. The van der Waals surface area contributed by atoms with Crippen LogP contribution in [0.5, 0.6) is 11.5 Å². The number of guanidine groups is 1. The van der Waals surface area contributed by atoms with Gasteiger partial charge in [-0.1, -0.05) is 44.5 Å². The van der Waals surface area contributed by atoms with Crippen LogP contribution in [-0.2, 0) is 60.8 Å². The summed E-state index contributed by atoms with van der Waals surface area (Å²) in [5.74, 6) is -11.1. The van der Waals surface area contributed by atoms with E-state index in [2.05, 4.69) is 47.9 Å². The van der Waals surface area contributed by atoms with Crippen LogP contribution in [0.1, 0.15) is 76.8 Å². The molecule has 0 saturated carbocycles. The molecule has 74 heavy (non-hydrogen) atoms. The van der Waals surface area contributed by atoms with Crippen LogP contribution < -0.4 is 65.1 Å². The van der Waals surface area contributed by atoms with E-state index in [1.165, 1.54) is 43.3 Å². The highest BCUT2D eigenvalue weighted by Crippen LogP contribution is 2.14. The number of nitrogens with two attached hydrogens (primary N) is 3. The largest absolute Gasteiger partial charge is 0.508 e. The highest BCUT2D eigenvalue weighted by atomic mass is 16.4. The number of carboxylic acid groups (broad SMARTS) is 2. The summed E-state index contributed by atoms with van der Waals surface area (Å²) in [4.78, 5) is 131. The summed E-state index contributed by atoms with van der Waals surface area (Å²) in [6, 6.07) is 1.49. The van der Waals surface area contributed by atoms with Gasteiger partial charge < -0.3 is 85.5 Å². The molecule has 0 spiro atoms. The zero-order valence-corrected chi connectivity index (χ0v) is 41.5. The Kier molecular flexibility index (Phi) is 26.9. The van der Waals surface area contributed by atoms with Crippen molar-refractivity contribution in [3.63, 3.8) is 0 Å². The van der Waals surface area contributed by atoms with E-state index < -0.39 is 127 Å². The van der Waals surface area contributed by atoms with Gasteiger partial charge in [-0.2, -0.15) is 0 Å². The zero-order chi connectivity index (χ0) is 55.5. The fraction of sp³-hybridized carbons (Fsp3) is 0.511. The van der Waals surface area contributed by atoms with E-state index in [9.17, 15) is 68.4 Å². The molecule has 2 aromatic carbocycles. The van der Waals surface area contributed by atoms with Crippen molar-refractivity contribution < 1.29 is 68.4 Å². The average molecular weight is 1040 g/mol. The monoisotopic (exact) mass is 1040 g/mol. The van der Waals surface area contributed by atoms with Gasteiger partial charge in [0, 0.05) is 13.0 Å². The lowest BCUT2D eigenvalue weighted by atomic mass is 9.98. The minimum absolute atomic E-state index is 0.0277.